The SMILES string of the molecule is CC1(C(=O)NCCNC(=O)c2ccco2)CCCC1. The Morgan fingerprint density at radius 2 is 1.95 bits per heavy atom. The summed E-state index contributed by atoms with van der Waals surface area (Å²) in [7, 11) is 0. The van der Waals surface area contributed by atoms with Crippen LogP contribution in [0.2, 0.25) is 0 Å². The molecule has 1 aromatic rings. The summed E-state index contributed by atoms with van der Waals surface area (Å²) in [5, 5.41) is 5.58. The van der Waals surface area contributed by atoms with Crippen molar-refractivity contribution in [3.63, 3.8) is 0 Å². The van der Waals surface area contributed by atoms with Gasteiger partial charge in [0.05, 0.1) is 6.26 Å². The molecule has 0 spiro atoms. The maximum absolute atomic E-state index is 12.0. The molecule has 0 bridgehead atoms. The molecule has 0 atom stereocenters. The zero-order valence-electron chi connectivity index (χ0n) is 11.2. The number of hydrogen-bond donors (Lipinski definition) is 2. The van der Waals surface area contributed by atoms with Crippen LogP contribution in [-0.2, 0) is 4.79 Å². The van der Waals surface area contributed by atoms with Crippen molar-refractivity contribution in [1.29, 1.82) is 0 Å². The van der Waals surface area contributed by atoms with Gasteiger partial charge < -0.3 is 15.1 Å². The van der Waals surface area contributed by atoms with E-state index in [9.17, 15) is 9.59 Å². The minimum atomic E-state index is -0.258. The fraction of sp³-hybridized carbons (Fsp3) is 0.571. The molecule has 0 radical (unpaired) electrons. The van der Waals surface area contributed by atoms with Crippen molar-refractivity contribution in [2.75, 3.05) is 13.1 Å². The molecule has 0 unspecified atom stereocenters. The number of hydrogen-bond acceptors (Lipinski definition) is 3. The zero-order chi connectivity index (χ0) is 13.7. The predicted octanol–water partition coefficient (Wildman–Crippen LogP) is 1.71. The number of furan rings is 1. The summed E-state index contributed by atoms with van der Waals surface area (Å²) >= 11 is 0. The van der Waals surface area contributed by atoms with Crippen LogP contribution in [0.1, 0.15) is 43.2 Å². The lowest BCUT2D eigenvalue weighted by atomic mass is 9.88. The van der Waals surface area contributed by atoms with Gasteiger partial charge in [-0.25, -0.2) is 0 Å². The van der Waals surface area contributed by atoms with E-state index in [-0.39, 0.29) is 23.0 Å². The van der Waals surface area contributed by atoms with Crippen molar-refractivity contribution in [3.8, 4) is 0 Å². The molecule has 1 aliphatic rings. The third-order valence-electron chi connectivity index (χ3n) is 3.70. The van der Waals surface area contributed by atoms with Gasteiger partial charge in [-0.1, -0.05) is 19.8 Å². The van der Waals surface area contributed by atoms with Gasteiger partial charge in [0.15, 0.2) is 5.76 Å². The van der Waals surface area contributed by atoms with Crippen LogP contribution in [0.5, 0.6) is 0 Å². The molecular formula is C14H20N2O3. The van der Waals surface area contributed by atoms with Gasteiger partial charge in [-0.3, -0.25) is 9.59 Å². The van der Waals surface area contributed by atoms with Gasteiger partial charge in [0.1, 0.15) is 0 Å². The fourth-order valence-corrected chi connectivity index (χ4v) is 2.44. The molecule has 5 nitrogen and oxygen atoms in total. The summed E-state index contributed by atoms with van der Waals surface area (Å²) in [6.07, 6.45) is 5.62. The number of nitrogens with one attached hydrogen (secondary N) is 2. The van der Waals surface area contributed by atoms with E-state index in [1.165, 1.54) is 6.26 Å². The van der Waals surface area contributed by atoms with E-state index < -0.39 is 0 Å². The predicted molar refractivity (Wildman–Crippen MR) is 70.6 cm³/mol. The summed E-state index contributed by atoms with van der Waals surface area (Å²) < 4.78 is 4.97. The van der Waals surface area contributed by atoms with Crippen LogP contribution in [0.15, 0.2) is 22.8 Å². The number of amides is 2. The molecular weight excluding hydrogens is 244 g/mol. The third-order valence-corrected chi connectivity index (χ3v) is 3.70. The molecule has 0 aliphatic heterocycles. The second-order valence-electron chi connectivity index (χ2n) is 5.26. The van der Waals surface area contributed by atoms with Crippen LogP contribution in [0, 0.1) is 5.41 Å². The monoisotopic (exact) mass is 264 g/mol. The Labute approximate surface area is 112 Å². The first-order valence-electron chi connectivity index (χ1n) is 6.72. The van der Waals surface area contributed by atoms with Gasteiger partial charge in [0.25, 0.3) is 5.91 Å². The molecule has 1 aliphatic carbocycles. The Morgan fingerprint density at radius 1 is 1.26 bits per heavy atom. The average Bonchev–Trinajstić information content (AvgIpc) is 3.05. The lowest BCUT2D eigenvalue weighted by Crippen LogP contribution is -2.41. The molecule has 2 amide bonds. The molecule has 1 aromatic heterocycles. The zero-order valence-corrected chi connectivity index (χ0v) is 11.2. The summed E-state index contributed by atoms with van der Waals surface area (Å²) in [5.41, 5.74) is -0.217. The average molecular weight is 264 g/mol. The Hall–Kier alpha value is -1.78. The highest BCUT2D eigenvalue weighted by molar-refractivity contribution is 5.91. The Kier molecular flexibility index (Phi) is 4.24. The molecule has 2 N–H and O–H groups in total. The molecule has 19 heavy (non-hydrogen) atoms. The quantitative estimate of drug-likeness (QED) is 0.795. The van der Waals surface area contributed by atoms with E-state index in [1.807, 2.05) is 6.92 Å². The molecule has 0 aromatic carbocycles. The standard InChI is InChI=1S/C14H20N2O3/c1-14(6-2-3-7-14)13(18)16-9-8-15-12(17)11-5-4-10-19-11/h4-5,10H,2-3,6-9H2,1H3,(H,15,17)(H,16,18). The largest absolute Gasteiger partial charge is 0.459 e. The second-order valence-corrected chi connectivity index (χ2v) is 5.26. The maximum Gasteiger partial charge on any atom is 0.287 e. The summed E-state index contributed by atoms with van der Waals surface area (Å²) in [4.78, 5) is 23.6. The first-order valence-corrected chi connectivity index (χ1v) is 6.72. The summed E-state index contributed by atoms with van der Waals surface area (Å²) in [6.45, 7) is 2.86. The molecule has 2 rings (SSSR count). The van der Waals surface area contributed by atoms with E-state index >= 15 is 0 Å². The highest BCUT2D eigenvalue weighted by atomic mass is 16.3. The molecule has 5 heteroatoms. The van der Waals surface area contributed by atoms with Gasteiger partial charge in [-0.15, -0.1) is 0 Å². The van der Waals surface area contributed by atoms with Crippen LogP contribution in [0.4, 0.5) is 0 Å². The molecule has 1 heterocycles. The van der Waals surface area contributed by atoms with Crippen LogP contribution >= 0.6 is 0 Å². The molecule has 0 saturated heterocycles. The Balaban J connectivity index is 1.67. The van der Waals surface area contributed by atoms with Crippen LogP contribution < -0.4 is 10.6 Å². The molecule has 1 saturated carbocycles. The van der Waals surface area contributed by atoms with E-state index in [1.54, 1.807) is 12.1 Å². The number of carbonyl (C=O) groups excluding carboxylic acids is 2. The van der Waals surface area contributed by atoms with Gasteiger partial charge in [-0.2, -0.15) is 0 Å². The van der Waals surface area contributed by atoms with Crippen LogP contribution in [0.3, 0.4) is 0 Å². The summed E-state index contributed by atoms with van der Waals surface area (Å²) in [6, 6.07) is 3.27. The molecule has 1 fully saturated rings. The van der Waals surface area contributed by atoms with Gasteiger partial charge in [-0.05, 0) is 25.0 Å². The number of carbonyl (C=O) groups is 2. The fourth-order valence-electron chi connectivity index (χ4n) is 2.44. The van der Waals surface area contributed by atoms with Crippen molar-refractivity contribution in [1.82, 2.24) is 10.6 Å². The van der Waals surface area contributed by atoms with Crippen molar-refractivity contribution in [2.45, 2.75) is 32.6 Å². The Morgan fingerprint density at radius 3 is 2.58 bits per heavy atom. The smallest absolute Gasteiger partial charge is 0.287 e. The highest BCUT2D eigenvalue weighted by Crippen LogP contribution is 2.37. The highest BCUT2D eigenvalue weighted by Gasteiger charge is 2.35. The summed E-state index contributed by atoms with van der Waals surface area (Å²) in [5.74, 6) is 0.123. The molecule has 104 valence electrons. The van der Waals surface area contributed by atoms with Crippen molar-refractivity contribution < 1.29 is 14.0 Å². The lowest BCUT2D eigenvalue weighted by Gasteiger charge is -2.22. The Bertz CT molecular complexity index is 434. The second kappa shape index (κ2) is 5.91. The third kappa shape index (κ3) is 3.36. The minimum absolute atomic E-state index is 0.0947. The maximum atomic E-state index is 12.0. The van der Waals surface area contributed by atoms with E-state index in [2.05, 4.69) is 10.6 Å². The minimum Gasteiger partial charge on any atom is -0.459 e. The normalized spacial score (nSPS) is 17.1. The van der Waals surface area contributed by atoms with Crippen LogP contribution in [0.25, 0.3) is 0 Å². The lowest BCUT2D eigenvalue weighted by molar-refractivity contribution is -0.129. The van der Waals surface area contributed by atoms with E-state index in [4.69, 9.17) is 4.42 Å². The van der Waals surface area contributed by atoms with Gasteiger partial charge >= 0.3 is 0 Å². The first-order chi connectivity index (χ1) is 9.12. The van der Waals surface area contributed by atoms with E-state index in [0.29, 0.717) is 13.1 Å². The topological polar surface area (TPSA) is 71.3 Å². The van der Waals surface area contributed by atoms with Crippen molar-refractivity contribution in [2.24, 2.45) is 5.41 Å². The van der Waals surface area contributed by atoms with Gasteiger partial charge in [0, 0.05) is 18.5 Å². The van der Waals surface area contributed by atoms with Crippen molar-refractivity contribution in [3.05, 3.63) is 24.2 Å². The van der Waals surface area contributed by atoms with E-state index in [0.717, 1.165) is 25.7 Å². The van der Waals surface area contributed by atoms with Gasteiger partial charge in [0.2, 0.25) is 5.91 Å². The number of rotatable bonds is 5. The first kappa shape index (κ1) is 13.6. The van der Waals surface area contributed by atoms with Crippen LogP contribution in [-0.4, -0.2) is 24.9 Å². The van der Waals surface area contributed by atoms with Crippen molar-refractivity contribution >= 4 is 11.8 Å².